The van der Waals surface area contributed by atoms with E-state index in [1.807, 2.05) is 25.1 Å². The number of ether oxygens (including phenoxy) is 2. The van der Waals surface area contributed by atoms with Gasteiger partial charge in [0.2, 0.25) is 0 Å². The van der Waals surface area contributed by atoms with Gasteiger partial charge in [-0.05, 0) is 61.4 Å². The van der Waals surface area contributed by atoms with Crippen molar-refractivity contribution in [2.75, 3.05) is 26.5 Å². The molecule has 1 aromatic carbocycles. The molecule has 0 fully saturated rings. The van der Waals surface area contributed by atoms with E-state index < -0.39 is 0 Å². The van der Waals surface area contributed by atoms with Gasteiger partial charge in [0, 0.05) is 17.6 Å². The summed E-state index contributed by atoms with van der Waals surface area (Å²) in [6.45, 7) is 2.55. The molecule has 1 aliphatic rings. The first kappa shape index (κ1) is 19.5. The summed E-state index contributed by atoms with van der Waals surface area (Å²) in [6.07, 6.45) is 3.87. The molecule has 0 unspecified atom stereocenters. The molecule has 152 valence electrons. The van der Waals surface area contributed by atoms with E-state index in [0.717, 1.165) is 40.7 Å². The number of hydrogen-bond donors (Lipinski definition) is 2. The van der Waals surface area contributed by atoms with Gasteiger partial charge >= 0.3 is 0 Å². The Kier molecular flexibility index (Phi) is 5.32. The summed E-state index contributed by atoms with van der Waals surface area (Å²) in [6, 6.07) is 5.76. The van der Waals surface area contributed by atoms with Crippen LogP contribution < -0.4 is 20.5 Å². The first-order valence-electron chi connectivity index (χ1n) is 9.73. The third-order valence-electron chi connectivity index (χ3n) is 5.51. The number of fused-ring (bicyclic) bond motifs is 3. The van der Waals surface area contributed by atoms with E-state index >= 15 is 0 Å². The Morgan fingerprint density at radius 1 is 1.21 bits per heavy atom. The second kappa shape index (κ2) is 7.91. The monoisotopic (exact) mass is 411 g/mol. The SMILES string of the molecule is COc1ccc(CCNC(=O)c2sc3nc(C)c4c(c3c2N)CCC4)cc1OC. The lowest BCUT2D eigenvalue weighted by Gasteiger charge is -2.10. The molecule has 7 heteroatoms. The molecule has 6 nitrogen and oxygen atoms in total. The molecular weight excluding hydrogens is 386 g/mol. The van der Waals surface area contributed by atoms with Crippen LogP contribution in [0.1, 0.15) is 38.5 Å². The van der Waals surface area contributed by atoms with Crippen LogP contribution in [0.4, 0.5) is 5.69 Å². The van der Waals surface area contributed by atoms with Crippen molar-refractivity contribution in [3.05, 3.63) is 45.5 Å². The predicted octanol–water partition coefficient (Wildman–Crippen LogP) is 3.67. The van der Waals surface area contributed by atoms with E-state index in [-0.39, 0.29) is 5.91 Å². The number of rotatable bonds is 6. The van der Waals surface area contributed by atoms with Crippen molar-refractivity contribution in [3.63, 3.8) is 0 Å². The number of thiophene rings is 1. The summed E-state index contributed by atoms with van der Waals surface area (Å²) in [5.74, 6) is 1.23. The van der Waals surface area contributed by atoms with Crippen LogP contribution in [0, 0.1) is 6.92 Å². The van der Waals surface area contributed by atoms with Gasteiger partial charge in [0.25, 0.3) is 5.91 Å². The molecule has 0 aliphatic heterocycles. The average molecular weight is 412 g/mol. The maximum atomic E-state index is 12.8. The molecule has 0 radical (unpaired) electrons. The van der Waals surface area contributed by atoms with Gasteiger partial charge in [0.05, 0.1) is 19.9 Å². The van der Waals surface area contributed by atoms with E-state index in [9.17, 15) is 4.79 Å². The van der Waals surface area contributed by atoms with Gasteiger partial charge < -0.3 is 20.5 Å². The second-order valence-corrected chi connectivity index (χ2v) is 8.23. The van der Waals surface area contributed by atoms with Crippen molar-refractivity contribution in [2.24, 2.45) is 0 Å². The highest BCUT2D eigenvalue weighted by molar-refractivity contribution is 7.21. The number of nitrogens with one attached hydrogen (secondary N) is 1. The minimum Gasteiger partial charge on any atom is -0.493 e. The number of nitrogens with zero attached hydrogens (tertiary/aromatic N) is 1. The fraction of sp³-hybridized carbons (Fsp3) is 0.364. The second-order valence-electron chi connectivity index (χ2n) is 7.23. The third-order valence-corrected chi connectivity index (χ3v) is 6.60. The first-order chi connectivity index (χ1) is 14.0. The summed E-state index contributed by atoms with van der Waals surface area (Å²) < 4.78 is 10.6. The summed E-state index contributed by atoms with van der Waals surface area (Å²) in [5, 5.41) is 3.97. The number of methoxy groups -OCH3 is 2. The molecule has 2 heterocycles. The number of hydrogen-bond acceptors (Lipinski definition) is 6. The van der Waals surface area contributed by atoms with Gasteiger partial charge in [-0.15, -0.1) is 11.3 Å². The Morgan fingerprint density at radius 2 is 1.97 bits per heavy atom. The Bertz CT molecular complexity index is 1090. The van der Waals surface area contributed by atoms with Crippen LogP contribution in [0.25, 0.3) is 10.2 Å². The van der Waals surface area contributed by atoms with Crippen molar-refractivity contribution < 1.29 is 14.3 Å². The Balaban J connectivity index is 1.49. The Hall–Kier alpha value is -2.80. The quantitative estimate of drug-likeness (QED) is 0.646. The van der Waals surface area contributed by atoms with E-state index in [1.165, 1.54) is 22.5 Å². The smallest absolute Gasteiger partial charge is 0.263 e. The third kappa shape index (κ3) is 3.51. The highest BCUT2D eigenvalue weighted by atomic mass is 32.1. The molecule has 1 amide bonds. The topological polar surface area (TPSA) is 86.5 Å². The zero-order valence-electron chi connectivity index (χ0n) is 16.9. The molecule has 0 bridgehead atoms. The maximum absolute atomic E-state index is 12.8. The fourth-order valence-electron chi connectivity index (χ4n) is 4.05. The number of aryl methyl sites for hydroxylation is 2. The number of nitrogens with two attached hydrogens (primary N) is 1. The lowest BCUT2D eigenvalue weighted by atomic mass is 10.1. The number of pyridine rings is 1. The predicted molar refractivity (Wildman–Crippen MR) is 116 cm³/mol. The molecule has 0 saturated carbocycles. The van der Waals surface area contributed by atoms with E-state index in [2.05, 4.69) is 5.32 Å². The van der Waals surface area contributed by atoms with Crippen LogP contribution in [0.15, 0.2) is 18.2 Å². The number of anilines is 1. The molecule has 1 aliphatic carbocycles. The number of aromatic nitrogens is 1. The number of benzene rings is 1. The molecule has 29 heavy (non-hydrogen) atoms. The molecular formula is C22H25N3O3S. The zero-order chi connectivity index (χ0) is 20.5. The van der Waals surface area contributed by atoms with Gasteiger partial charge in [-0.3, -0.25) is 4.79 Å². The van der Waals surface area contributed by atoms with Crippen LogP contribution in [0.3, 0.4) is 0 Å². The first-order valence-corrected chi connectivity index (χ1v) is 10.5. The Morgan fingerprint density at radius 3 is 2.72 bits per heavy atom. The number of carbonyl (C=O) groups is 1. The van der Waals surface area contributed by atoms with Crippen molar-refractivity contribution in [1.29, 1.82) is 0 Å². The lowest BCUT2D eigenvalue weighted by molar-refractivity contribution is 0.0959. The molecule has 0 spiro atoms. The van der Waals surface area contributed by atoms with Gasteiger partial charge in [-0.2, -0.15) is 0 Å². The number of carbonyl (C=O) groups excluding carboxylic acids is 1. The van der Waals surface area contributed by atoms with Gasteiger partial charge in [0.1, 0.15) is 9.71 Å². The van der Waals surface area contributed by atoms with Crippen LogP contribution >= 0.6 is 11.3 Å². The van der Waals surface area contributed by atoms with Crippen molar-refractivity contribution >= 4 is 33.1 Å². The molecule has 4 rings (SSSR count). The molecule has 3 aromatic rings. The lowest BCUT2D eigenvalue weighted by Crippen LogP contribution is -2.25. The minimum atomic E-state index is -0.143. The average Bonchev–Trinajstić information content (AvgIpc) is 3.33. The van der Waals surface area contributed by atoms with Crippen LogP contribution in [0.5, 0.6) is 11.5 Å². The minimum absolute atomic E-state index is 0.143. The highest BCUT2D eigenvalue weighted by Crippen LogP contribution is 2.40. The van der Waals surface area contributed by atoms with Crippen molar-refractivity contribution in [2.45, 2.75) is 32.6 Å². The molecule has 0 atom stereocenters. The molecule has 0 saturated heterocycles. The van der Waals surface area contributed by atoms with Crippen molar-refractivity contribution in [1.82, 2.24) is 10.3 Å². The van der Waals surface area contributed by atoms with Crippen LogP contribution in [-0.4, -0.2) is 31.7 Å². The maximum Gasteiger partial charge on any atom is 0.263 e. The van der Waals surface area contributed by atoms with E-state index in [4.69, 9.17) is 20.2 Å². The summed E-state index contributed by atoms with van der Waals surface area (Å²) in [5.41, 5.74) is 11.7. The number of nitrogen functional groups attached to an aromatic ring is 1. The summed E-state index contributed by atoms with van der Waals surface area (Å²) >= 11 is 1.38. The zero-order valence-corrected chi connectivity index (χ0v) is 17.7. The van der Waals surface area contributed by atoms with E-state index in [0.29, 0.717) is 35.0 Å². The standard InChI is InChI=1S/C22H25N3O3S/c1-12-14-5-4-6-15(14)18-19(23)20(29-22(18)25-12)21(26)24-10-9-13-7-8-16(27-2)17(11-13)28-3/h7-8,11H,4-6,9-10,23H2,1-3H3,(H,24,26). The van der Waals surface area contributed by atoms with Gasteiger partial charge in [-0.25, -0.2) is 4.98 Å². The molecule has 3 N–H and O–H groups in total. The van der Waals surface area contributed by atoms with Crippen molar-refractivity contribution in [3.8, 4) is 11.5 Å². The summed E-state index contributed by atoms with van der Waals surface area (Å²) in [7, 11) is 3.22. The van der Waals surface area contributed by atoms with Crippen LogP contribution in [-0.2, 0) is 19.3 Å². The van der Waals surface area contributed by atoms with Gasteiger partial charge in [-0.1, -0.05) is 6.07 Å². The van der Waals surface area contributed by atoms with E-state index in [1.54, 1.807) is 14.2 Å². The largest absolute Gasteiger partial charge is 0.493 e. The fourth-order valence-corrected chi connectivity index (χ4v) is 5.13. The summed E-state index contributed by atoms with van der Waals surface area (Å²) in [4.78, 5) is 18.9. The normalized spacial score (nSPS) is 12.8. The Labute approximate surface area is 174 Å². The van der Waals surface area contributed by atoms with Gasteiger partial charge in [0.15, 0.2) is 11.5 Å². The molecule has 2 aromatic heterocycles. The number of amides is 1. The highest BCUT2D eigenvalue weighted by Gasteiger charge is 2.24. The van der Waals surface area contributed by atoms with Crippen LogP contribution in [0.2, 0.25) is 0 Å².